The zero-order valence-electron chi connectivity index (χ0n) is 10.6. The first-order valence-corrected chi connectivity index (χ1v) is 6.10. The first-order valence-electron chi connectivity index (χ1n) is 6.10. The number of benzene rings is 2. The lowest BCUT2D eigenvalue weighted by Gasteiger charge is -2.08. The number of ether oxygens (including phenoxy) is 1. The van der Waals surface area contributed by atoms with Gasteiger partial charge in [0.1, 0.15) is 0 Å². The summed E-state index contributed by atoms with van der Waals surface area (Å²) in [6, 6.07) is 16.1. The Bertz CT molecular complexity index is 506. The van der Waals surface area contributed by atoms with Gasteiger partial charge in [0.15, 0.2) is 0 Å². The lowest BCUT2D eigenvalue weighted by atomic mass is 10.1. The van der Waals surface area contributed by atoms with Crippen molar-refractivity contribution in [3.05, 3.63) is 70.8 Å². The lowest BCUT2D eigenvalue weighted by Crippen LogP contribution is -1.98. The molecular formula is C16H18O2. The van der Waals surface area contributed by atoms with E-state index in [1.807, 2.05) is 30.3 Å². The molecule has 0 atom stereocenters. The summed E-state index contributed by atoms with van der Waals surface area (Å²) in [5, 5.41) is 9.22. The Balaban J connectivity index is 1.92. The summed E-state index contributed by atoms with van der Waals surface area (Å²) in [5.74, 6) is 0. The van der Waals surface area contributed by atoms with Crippen molar-refractivity contribution >= 4 is 0 Å². The van der Waals surface area contributed by atoms with E-state index in [2.05, 4.69) is 25.1 Å². The van der Waals surface area contributed by atoms with Crippen molar-refractivity contribution in [2.45, 2.75) is 26.7 Å². The van der Waals surface area contributed by atoms with Crippen LogP contribution in [0.1, 0.15) is 22.3 Å². The third kappa shape index (κ3) is 3.42. The van der Waals surface area contributed by atoms with Crippen molar-refractivity contribution in [3.8, 4) is 0 Å². The van der Waals surface area contributed by atoms with Gasteiger partial charge < -0.3 is 9.84 Å². The van der Waals surface area contributed by atoms with Crippen LogP contribution in [0.25, 0.3) is 0 Å². The molecule has 2 aromatic rings. The maximum Gasteiger partial charge on any atom is 0.0724 e. The number of hydrogen-bond donors (Lipinski definition) is 1. The molecule has 0 aromatic heterocycles. The van der Waals surface area contributed by atoms with Crippen LogP contribution in [0.3, 0.4) is 0 Å². The van der Waals surface area contributed by atoms with Crippen molar-refractivity contribution in [2.75, 3.05) is 0 Å². The minimum Gasteiger partial charge on any atom is -0.392 e. The molecule has 0 spiro atoms. The summed E-state index contributed by atoms with van der Waals surface area (Å²) in [6.45, 7) is 3.26. The van der Waals surface area contributed by atoms with Gasteiger partial charge in [0.2, 0.25) is 0 Å². The van der Waals surface area contributed by atoms with Crippen molar-refractivity contribution in [3.63, 3.8) is 0 Å². The van der Waals surface area contributed by atoms with Gasteiger partial charge in [0.05, 0.1) is 19.8 Å². The van der Waals surface area contributed by atoms with E-state index in [9.17, 15) is 5.11 Å². The van der Waals surface area contributed by atoms with E-state index in [1.54, 1.807) is 0 Å². The Morgan fingerprint density at radius 2 is 1.72 bits per heavy atom. The molecule has 0 saturated carbocycles. The molecule has 0 aliphatic rings. The number of aliphatic hydroxyl groups excluding tert-OH is 1. The van der Waals surface area contributed by atoms with Gasteiger partial charge in [-0.3, -0.25) is 0 Å². The maximum absolute atomic E-state index is 9.22. The smallest absolute Gasteiger partial charge is 0.0724 e. The minimum atomic E-state index is 0.0595. The van der Waals surface area contributed by atoms with Crippen LogP contribution in [0.15, 0.2) is 48.5 Å². The highest BCUT2D eigenvalue weighted by Crippen LogP contribution is 2.12. The second-order valence-corrected chi connectivity index (χ2v) is 4.41. The van der Waals surface area contributed by atoms with Gasteiger partial charge in [0.25, 0.3) is 0 Å². The maximum atomic E-state index is 9.22. The quantitative estimate of drug-likeness (QED) is 0.872. The van der Waals surface area contributed by atoms with Gasteiger partial charge in [-0.15, -0.1) is 0 Å². The molecule has 2 nitrogen and oxygen atoms in total. The molecule has 2 aromatic carbocycles. The predicted molar refractivity (Wildman–Crippen MR) is 72.0 cm³/mol. The fourth-order valence-corrected chi connectivity index (χ4v) is 1.93. The second kappa shape index (κ2) is 6.34. The lowest BCUT2D eigenvalue weighted by molar-refractivity contribution is 0.105. The fourth-order valence-electron chi connectivity index (χ4n) is 1.93. The Morgan fingerprint density at radius 3 is 2.44 bits per heavy atom. The van der Waals surface area contributed by atoms with E-state index in [0.29, 0.717) is 13.2 Å². The standard InChI is InChI=1S/C16H18O2/c1-13-5-4-6-14(9-13)11-18-12-16-8-3-2-7-15(16)10-17/h2-9,17H,10-12H2,1H3. The van der Waals surface area contributed by atoms with E-state index in [0.717, 1.165) is 11.1 Å². The molecular weight excluding hydrogens is 224 g/mol. The van der Waals surface area contributed by atoms with Gasteiger partial charge in [-0.1, -0.05) is 54.1 Å². The second-order valence-electron chi connectivity index (χ2n) is 4.41. The van der Waals surface area contributed by atoms with Gasteiger partial charge >= 0.3 is 0 Å². The van der Waals surface area contributed by atoms with E-state index < -0.39 is 0 Å². The molecule has 2 rings (SSSR count). The zero-order valence-corrected chi connectivity index (χ0v) is 10.6. The van der Waals surface area contributed by atoms with Crippen LogP contribution in [0.5, 0.6) is 0 Å². The molecule has 0 aliphatic heterocycles. The van der Waals surface area contributed by atoms with Gasteiger partial charge in [-0.2, -0.15) is 0 Å². The first kappa shape index (κ1) is 12.8. The van der Waals surface area contributed by atoms with E-state index in [4.69, 9.17) is 4.74 Å². The van der Waals surface area contributed by atoms with E-state index in [1.165, 1.54) is 11.1 Å². The van der Waals surface area contributed by atoms with Crippen molar-refractivity contribution < 1.29 is 9.84 Å². The third-order valence-electron chi connectivity index (χ3n) is 2.90. The summed E-state index contributed by atoms with van der Waals surface area (Å²) in [4.78, 5) is 0. The summed E-state index contributed by atoms with van der Waals surface area (Å²) >= 11 is 0. The molecule has 0 aliphatic carbocycles. The van der Waals surface area contributed by atoms with Crippen LogP contribution >= 0.6 is 0 Å². The Morgan fingerprint density at radius 1 is 0.944 bits per heavy atom. The van der Waals surface area contributed by atoms with Crippen LogP contribution in [0.4, 0.5) is 0 Å². The predicted octanol–water partition coefficient (Wildman–Crippen LogP) is 3.20. The number of rotatable bonds is 5. The van der Waals surface area contributed by atoms with Gasteiger partial charge in [0, 0.05) is 0 Å². The van der Waals surface area contributed by atoms with E-state index in [-0.39, 0.29) is 6.61 Å². The largest absolute Gasteiger partial charge is 0.392 e. The molecule has 0 bridgehead atoms. The topological polar surface area (TPSA) is 29.5 Å². The normalized spacial score (nSPS) is 10.6. The van der Waals surface area contributed by atoms with Crippen LogP contribution in [-0.4, -0.2) is 5.11 Å². The Hall–Kier alpha value is -1.64. The van der Waals surface area contributed by atoms with Crippen LogP contribution in [-0.2, 0) is 24.6 Å². The number of aliphatic hydroxyl groups is 1. The van der Waals surface area contributed by atoms with Crippen molar-refractivity contribution in [1.29, 1.82) is 0 Å². The highest BCUT2D eigenvalue weighted by molar-refractivity contribution is 5.26. The van der Waals surface area contributed by atoms with Crippen LogP contribution in [0.2, 0.25) is 0 Å². The van der Waals surface area contributed by atoms with Gasteiger partial charge in [-0.25, -0.2) is 0 Å². The highest BCUT2D eigenvalue weighted by Gasteiger charge is 2.01. The number of aryl methyl sites for hydroxylation is 1. The monoisotopic (exact) mass is 242 g/mol. The highest BCUT2D eigenvalue weighted by atomic mass is 16.5. The van der Waals surface area contributed by atoms with Crippen LogP contribution < -0.4 is 0 Å². The minimum absolute atomic E-state index is 0.0595. The third-order valence-corrected chi connectivity index (χ3v) is 2.90. The van der Waals surface area contributed by atoms with E-state index >= 15 is 0 Å². The molecule has 0 unspecified atom stereocenters. The Kier molecular flexibility index (Phi) is 4.51. The number of hydrogen-bond acceptors (Lipinski definition) is 2. The molecule has 0 heterocycles. The summed E-state index contributed by atoms with van der Waals surface area (Å²) in [7, 11) is 0. The van der Waals surface area contributed by atoms with Gasteiger partial charge in [-0.05, 0) is 23.6 Å². The molecule has 0 saturated heterocycles. The molecule has 0 amide bonds. The molecule has 2 heteroatoms. The zero-order chi connectivity index (χ0) is 12.8. The summed E-state index contributed by atoms with van der Waals surface area (Å²) in [6.07, 6.45) is 0. The fraction of sp³-hybridized carbons (Fsp3) is 0.250. The molecule has 0 fully saturated rings. The molecule has 1 N–H and O–H groups in total. The summed E-state index contributed by atoms with van der Waals surface area (Å²) < 4.78 is 5.69. The Labute approximate surface area is 108 Å². The summed E-state index contributed by atoms with van der Waals surface area (Å²) in [5.41, 5.74) is 4.40. The van der Waals surface area contributed by atoms with Crippen molar-refractivity contribution in [2.24, 2.45) is 0 Å². The van der Waals surface area contributed by atoms with Crippen molar-refractivity contribution in [1.82, 2.24) is 0 Å². The first-order chi connectivity index (χ1) is 8.79. The molecule has 94 valence electrons. The van der Waals surface area contributed by atoms with Crippen LogP contribution in [0, 0.1) is 6.92 Å². The molecule has 18 heavy (non-hydrogen) atoms. The molecule has 0 radical (unpaired) electrons. The SMILES string of the molecule is Cc1cccc(COCc2ccccc2CO)c1. The average Bonchev–Trinajstić information content (AvgIpc) is 2.39. The average molecular weight is 242 g/mol.